The Morgan fingerprint density at radius 1 is 0.372 bits per heavy atom. The Morgan fingerprint density at radius 2 is 0.731 bits per heavy atom. The summed E-state index contributed by atoms with van der Waals surface area (Å²) in [7, 11) is 8.31. The monoisotopic (exact) mass is 1260 g/mol. The van der Waals surface area contributed by atoms with Crippen LogP contribution >= 0.6 is 45.2 Å². The van der Waals surface area contributed by atoms with E-state index in [2.05, 4.69) is 112 Å². The third-order valence-corrected chi connectivity index (χ3v) is 14.5. The molecule has 78 heavy (non-hydrogen) atoms. The maximum absolute atomic E-state index is 7.09. The summed E-state index contributed by atoms with van der Waals surface area (Å²) in [5.41, 5.74) is 6.39. The Labute approximate surface area is 482 Å². The average Bonchev–Trinajstić information content (AvgIpc) is 3.51. The van der Waals surface area contributed by atoms with Crippen LogP contribution in [0.5, 0.6) is 74.7 Å². The van der Waals surface area contributed by atoms with Gasteiger partial charge in [0.05, 0.1) is 38.1 Å². The van der Waals surface area contributed by atoms with Crippen molar-refractivity contribution in [3.8, 4) is 97.0 Å². The minimum Gasteiger partial charge on any atom is -0.497 e. The van der Waals surface area contributed by atoms with Gasteiger partial charge in [0.1, 0.15) is 80.5 Å². The third-order valence-electron chi connectivity index (χ3n) is 13.1. The predicted molar refractivity (Wildman–Crippen MR) is 322 cm³/mol. The van der Waals surface area contributed by atoms with Gasteiger partial charge in [-0.05, 0) is 244 Å². The first-order valence-electron chi connectivity index (χ1n) is 25.0. The molecule has 10 rings (SSSR count). The molecule has 1 unspecified atom stereocenters. The van der Waals surface area contributed by atoms with Gasteiger partial charge in [0.15, 0.2) is 0 Å². The molecule has 0 aromatic heterocycles. The quantitative estimate of drug-likeness (QED) is 0.0543. The van der Waals surface area contributed by atoms with Crippen molar-refractivity contribution in [2.24, 2.45) is 0 Å². The lowest BCUT2D eigenvalue weighted by atomic mass is 9.81. The third kappa shape index (κ3) is 12.9. The van der Waals surface area contributed by atoms with Crippen LogP contribution < -0.4 is 42.6 Å². The highest BCUT2D eigenvalue weighted by molar-refractivity contribution is 14.1. The predicted octanol–water partition coefficient (Wildman–Crippen LogP) is 17.9. The molecule has 0 heterocycles. The highest BCUT2D eigenvalue weighted by atomic mass is 127. The van der Waals surface area contributed by atoms with Crippen LogP contribution in [0.4, 0.5) is 0 Å². The zero-order chi connectivity index (χ0) is 54.0. The molecule has 0 spiro atoms. The first kappa shape index (κ1) is 53.5. The summed E-state index contributed by atoms with van der Waals surface area (Å²) < 4.78 is 63.2. The fraction of sp³-hybridized carbons (Fsp3) is 0.121. The van der Waals surface area contributed by atoms with Gasteiger partial charge in [-0.2, -0.15) is 0 Å². The van der Waals surface area contributed by atoms with Gasteiger partial charge in [0, 0.05) is 33.3 Å². The van der Waals surface area contributed by atoms with E-state index in [1.165, 1.54) is 0 Å². The van der Waals surface area contributed by atoms with Crippen LogP contribution in [0.25, 0.3) is 22.3 Å². The number of benzene rings is 9. The van der Waals surface area contributed by atoms with Crippen LogP contribution in [-0.2, 0) is 4.74 Å². The number of allylic oxidation sites excluding steroid dienone is 1. The average molecular weight is 1260 g/mol. The van der Waals surface area contributed by atoms with Crippen LogP contribution in [0.1, 0.15) is 29.0 Å². The summed E-state index contributed by atoms with van der Waals surface area (Å²) >= 11 is 4.79. The zero-order valence-corrected chi connectivity index (χ0v) is 47.7. The molecule has 0 bridgehead atoms. The van der Waals surface area contributed by atoms with E-state index in [0.717, 1.165) is 57.6 Å². The molecule has 0 radical (unpaired) electrons. The molecular formula is C66H54I2O10. The number of hydrogen-bond donors (Lipinski definition) is 0. The zero-order valence-electron chi connectivity index (χ0n) is 43.4. The summed E-state index contributed by atoms with van der Waals surface area (Å²) in [6.07, 6.45) is 6.70. The lowest BCUT2D eigenvalue weighted by molar-refractivity contribution is 0.141. The SMILES string of the molecule is COc1ccc(Oc2ccc(-c3ccc(Oc4ccc(OC)cc4)c(C(c4cc(-c5ccc(Oc6ccc(OC)cc6)cc5)ccc4Oc4ccc(OC)cc4)c4cc(I)cc(I)c4OC4=CCC(OC)C=C4)c3)cc2)cc1. The number of methoxy groups -OCH3 is 5. The summed E-state index contributed by atoms with van der Waals surface area (Å²) in [5.74, 6) is 9.01. The van der Waals surface area contributed by atoms with E-state index in [4.69, 9.17) is 47.4 Å². The normalized spacial score (nSPS) is 12.8. The van der Waals surface area contributed by atoms with Crippen LogP contribution in [0, 0.1) is 7.14 Å². The second-order valence-electron chi connectivity index (χ2n) is 18.0. The van der Waals surface area contributed by atoms with E-state index < -0.39 is 5.92 Å². The Bertz CT molecular complexity index is 3350. The van der Waals surface area contributed by atoms with Crippen LogP contribution in [-0.4, -0.2) is 41.7 Å². The standard InChI is InChI=1S/C66H54I2O10/c1-69-47-16-26-54(27-17-47)74-52-12-6-42(7-13-52)44-10-36-63(76-56-30-20-49(71-3)21-31-56)59(38-44)65(61-40-46(67)41-62(68)66(61)78-58-34-24-51(73-5)25-35-58)60-39-45(11-37-64(60)77-57-32-22-50(72-4)23-33-57)43-8-14-53(15-9-43)75-55-28-18-48(70-2)19-29-55/h6-24,26-41,51,65H,25H2,1-5H3. The van der Waals surface area contributed by atoms with Gasteiger partial charge >= 0.3 is 0 Å². The van der Waals surface area contributed by atoms with Gasteiger partial charge in [-0.15, -0.1) is 0 Å². The molecule has 0 aliphatic heterocycles. The fourth-order valence-electron chi connectivity index (χ4n) is 8.98. The largest absolute Gasteiger partial charge is 0.497 e. The molecule has 392 valence electrons. The summed E-state index contributed by atoms with van der Waals surface area (Å²) in [6, 6.07) is 63.4. The van der Waals surface area contributed by atoms with E-state index in [1.807, 2.05) is 146 Å². The Morgan fingerprint density at radius 3 is 1.09 bits per heavy atom. The number of hydrogen-bond acceptors (Lipinski definition) is 10. The molecule has 1 aliphatic carbocycles. The maximum Gasteiger partial charge on any atom is 0.144 e. The summed E-state index contributed by atoms with van der Waals surface area (Å²) in [6.45, 7) is 0. The molecule has 9 aromatic carbocycles. The summed E-state index contributed by atoms with van der Waals surface area (Å²) in [4.78, 5) is 0. The van der Waals surface area contributed by atoms with Gasteiger partial charge in [-0.3, -0.25) is 0 Å². The Balaban J connectivity index is 1.17. The van der Waals surface area contributed by atoms with Gasteiger partial charge in [-0.1, -0.05) is 42.5 Å². The number of rotatable bonds is 20. The Kier molecular flexibility index (Phi) is 17.2. The van der Waals surface area contributed by atoms with Crippen LogP contribution in [0.15, 0.2) is 218 Å². The lowest BCUT2D eigenvalue weighted by Gasteiger charge is -2.28. The van der Waals surface area contributed by atoms with E-state index in [1.54, 1.807) is 35.5 Å². The van der Waals surface area contributed by atoms with Crippen molar-refractivity contribution in [1.29, 1.82) is 0 Å². The van der Waals surface area contributed by atoms with Crippen molar-refractivity contribution in [1.82, 2.24) is 0 Å². The molecule has 0 N–H and O–H groups in total. The van der Waals surface area contributed by atoms with Crippen molar-refractivity contribution in [2.45, 2.75) is 18.4 Å². The molecule has 9 aromatic rings. The van der Waals surface area contributed by atoms with Crippen molar-refractivity contribution in [2.75, 3.05) is 35.5 Å². The van der Waals surface area contributed by atoms with E-state index in [9.17, 15) is 0 Å². The maximum atomic E-state index is 7.09. The molecule has 1 aliphatic rings. The molecule has 1 atom stereocenters. The fourth-order valence-corrected chi connectivity index (χ4v) is 11.0. The first-order chi connectivity index (χ1) is 38.1. The minimum absolute atomic E-state index is 0.0488. The van der Waals surface area contributed by atoms with E-state index >= 15 is 0 Å². The second kappa shape index (κ2) is 25.0. The van der Waals surface area contributed by atoms with Crippen LogP contribution in [0.3, 0.4) is 0 Å². The van der Waals surface area contributed by atoms with Gasteiger partial charge < -0.3 is 47.4 Å². The van der Waals surface area contributed by atoms with E-state index in [-0.39, 0.29) is 6.10 Å². The second-order valence-corrected chi connectivity index (χ2v) is 20.4. The summed E-state index contributed by atoms with van der Waals surface area (Å²) in [5, 5.41) is 0. The highest BCUT2D eigenvalue weighted by Gasteiger charge is 2.31. The first-order valence-corrected chi connectivity index (χ1v) is 27.2. The van der Waals surface area contributed by atoms with Crippen molar-refractivity contribution in [3.63, 3.8) is 0 Å². The highest BCUT2D eigenvalue weighted by Crippen LogP contribution is 2.50. The number of halogens is 2. The topological polar surface area (TPSA) is 92.3 Å². The van der Waals surface area contributed by atoms with Crippen molar-refractivity contribution >= 4 is 45.2 Å². The van der Waals surface area contributed by atoms with Crippen molar-refractivity contribution < 1.29 is 47.4 Å². The van der Waals surface area contributed by atoms with E-state index in [0.29, 0.717) is 75.4 Å². The lowest BCUT2D eigenvalue weighted by Crippen LogP contribution is -2.13. The molecule has 0 fully saturated rings. The van der Waals surface area contributed by atoms with Gasteiger partial charge in [0.2, 0.25) is 0 Å². The molecule has 0 amide bonds. The molecule has 0 saturated carbocycles. The van der Waals surface area contributed by atoms with Crippen molar-refractivity contribution in [3.05, 3.63) is 242 Å². The molecule has 12 heteroatoms. The van der Waals surface area contributed by atoms with Crippen LogP contribution in [0.2, 0.25) is 0 Å². The molecule has 10 nitrogen and oxygen atoms in total. The minimum atomic E-state index is -0.597. The van der Waals surface area contributed by atoms with Gasteiger partial charge in [0.25, 0.3) is 0 Å². The number of ether oxygens (including phenoxy) is 10. The van der Waals surface area contributed by atoms with Gasteiger partial charge in [-0.25, -0.2) is 0 Å². The molecular weight excluding hydrogens is 1210 g/mol. The smallest absolute Gasteiger partial charge is 0.144 e. The molecule has 0 saturated heterocycles. The Hall–Kier alpha value is -7.92.